The summed E-state index contributed by atoms with van der Waals surface area (Å²) >= 11 is 0. The van der Waals surface area contributed by atoms with Crippen LogP contribution in [0.5, 0.6) is 5.88 Å². The second-order valence-corrected chi connectivity index (χ2v) is 5.43. The molecule has 3 N–H and O–H groups in total. The van der Waals surface area contributed by atoms with E-state index in [0.29, 0.717) is 22.5 Å². The monoisotopic (exact) mass is 346 g/mol. The highest BCUT2D eigenvalue weighted by atomic mass is 16.3. The van der Waals surface area contributed by atoms with Crippen LogP contribution in [0.3, 0.4) is 0 Å². The molecule has 0 radical (unpaired) electrons. The summed E-state index contributed by atoms with van der Waals surface area (Å²) in [6.07, 6.45) is 8.52. The summed E-state index contributed by atoms with van der Waals surface area (Å²) in [7, 11) is 0. The van der Waals surface area contributed by atoms with Gasteiger partial charge in [0, 0.05) is 0 Å². The molecule has 1 aromatic rings. The molecule has 8 heteroatoms. The van der Waals surface area contributed by atoms with Crippen molar-refractivity contribution in [2.75, 3.05) is 19.8 Å². The first-order valence-electron chi connectivity index (χ1n) is 7.90. The van der Waals surface area contributed by atoms with Gasteiger partial charge < -0.3 is 15.3 Å². The molecule has 0 fully saturated rings. The lowest BCUT2D eigenvalue weighted by Crippen LogP contribution is -2.25. The summed E-state index contributed by atoms with van der Waals surface area (Å²) in [6, 6.07) is 0. The van der Waals surface area contributed by atoms with Crippen LogP contribution in [0.2, 0.25) is 0 Å². The van der Waals surface area contributed by atoms with Crippen LogP contribution in [0.15, 0.2) is 35.0 Å². The number of amides is 1. The van der Waals surface area contributed by atoms with Gasteiger partial charge in [-0.05, 0) is 26.0 Å². The van der Waals surface area contributed by atoms with E-state index in [-0.39, 0.29) is 38.1 Å². The van der Waals surface area contributed by atoms with Gasteiger partial charge in [-0.2, -0.15) is 10.2 Å². The van der Waals surface area contributed by atoms with E-state index in [0.717, 1.165) is 0 Å². The van der Waals surface area contributed by atoms with Crippen molar-refractivity contribution in [3.8, 4) is 5.88 Å². The molecule has 0 saturated heterocycles. The molecule has 0 aliphatic carbocycles. The number of aliphatic hydroxyl groups is 2. The maximum atomic E-state index is 12.1. The van der Waals surface area contributed by atoms with E-state index in [1.165, 1.54) is 9.69 Å². The van der Waals surface area contributed by atoms with E-state index >= 15 is 0 Å². The van der Waals surface area contributed by atoms with Gasteiger partial charge in [-0.1, -0.05) is 18.2 Å². The third-order valence-electron chi connectivity index (χ3n) is 3.64. The van der Waals surface area contributed by atoms with Crippen LogP contribution in [0, 0.1) is 6.92 Å². The van der Waals surface area contributed by atoms with Crippen LogP contribution in [0.25, 0.3) is 6.08 Å². The number of rotatable bonds is 7. The van der Waals surface area contributed by atoms with Gasteiger partial charge in [-0.25, -0.2) is 9.69 Å². The van der Waals surface area contributed by atoms with E-state index in [2.05, 4.69) is 10.2 Å². The number of aliphatic hydroxyl groups excluding tert-OH is 2. The second kappa shape index (κ2) is 8.41. The molecule has 1 aliphatic rings. The van der Waals surface area contributed by atoms with Gasteiger partial charge in [-0.15, -0.1) is 0 Å². The van der Waals surface area contributed by atoms with Crippen LogP contribution in [-0.4, -0.2) is 61.5 Å². The number of aromatic hydroxyl groups is 1. The zero-order chi connectivity index (χ0) is 18.4. The number of aryl methyl sites for hydroxylation is 1. The van der Waals surface area contributed by atoms with E-state index in [1.807, 2.05) is 0 Å². The first-order chi connectivity index (χ1) is 12.0. The summed E-state index contributed by atoms with van der Waals surface area (Å²) < 4.78 is 1.34. The summed E-state index contributed by atoms with van der Waals surface area (Å²) in [5, 5.41) is 37.3. The summed E-state index contributed by atoms with van der Waals surface area (Å²) in [5.41, 5.74) is 2.32. The Balaban J connectivity index is 2.06. The molecular formula is C17H22N4O4. The van der Waals surface area contributed by atoms with E-state index in [4.69, 9.17) is 10.2 Å². The summed E-state index contributed by atoms with van der Waals surface area (Å²) in [4.78, 5) is 12.1. The zero-order valence-corrected chi connectivity index (χ0v) is 14.3. The molecule has 0 bridgehead atoms. The molecular weight excluding hydrogens is 324 g/mol. The van der Waals surface area contributed by atoms with Gasteiger partial charge in [0.1, 0.15) is 0 Å². The van der Waals surface area contributed by atoms with Crippen molar-refractivity contribution in [2.45, 2.75) is 20.4 Å². The van der Waals surface area contributed by atoms with Crippen LogP contribution in [0.4, 0.5) is 0 Å². The van der Waals surface area contributed by atoms with Crippen LogP contribution < -0.4 is 0 Å². The molecule has 2 heterocycles. The number of β-amino-alcohol motifs (C(OH)–C–C–N with tert-alkyl or cyclic N) is 1. The molecule has 134 valence electrons. The summed E-state index contributed by atoms with van der Waals surface area (Å²) in [5.74, 6) is -0.234. The fraction of sp³-hybridized carbons (Fsp3) is 0.353. The van der Waals surface area contributed by atoms with Crippen molar-refractivity contribution in [1.29, 1.82) is 0 Å². The molecule has 25 heavy (non-hydrogen) atoms. The number of hydrogen-bond acceptors (Lipinski definition) is 6. The third kappa shape index (κ3) is 4.23. The number of carbonyl (C=O) groups is 1. The molecule has 0 atom stereocenters. The molecule has 1 amide bonds. The number of allylic oxidation sites excluding steroid dienone is 4. The molecule has 2 rings (SSSR count). The lowest BCUT2D eigenvalue weighted by atomic mass is 10.1. The van der Waals surface area contributed by atoms with Crippen molar-refractivity contribution >= 4 is 17.7 Å². The maximum Gasteiger partial charge on any atom is 0.275 e. The van der Waals surface area contributed by atoms with Crippen LogP contribution in [-0.2, 0) is 11.3 Å². The molecule has 0 unspecified atom stereocenters. The second-order valence-electron chi connectivity index (χ2n) is 5.43. The first kappa shape index (κ1) is 18.6. The predicted octanol–water partition coefficient (Wildman–Crippen LogP) is 0.596. The highest BCUT2D eigenvalue weighted by molar-refractivity contribution is 6.23. The molecule has 1 aliphatic heterocycles. The van der Waals surface area contributed by atoms with Crippen molar-refractivity contribution in [3.05, 3.63) is 41.1 Å². The average Bonchev–Trinajstić information content (AvgIpc) is 2.99. The highest BCUT2D eigenvalue weighted by Gasteiger charge is 2.25. The fourth-order valence-corrected chi connectivity index (χ4v) is 2.41. The Morgan fingerprint density at radius 1 is 1.08 bits per heavy atom. The quantitative estimate of drug-likeness (QED) is 0.494. The van der Waals surface area contributed by atoms with Gasteiger partial charge in [0.05, 0.1) is 48.8 Å². The van der Waals surface area contributed by atoms with Gasteiger partial charge >= 0.3 is 0 Å². The number of carbonyl (C=O) groups excluding carboxylic acids is 1. The highest BCUT2D eigenvalue weighted by Crippen LogP contribution is 2.22. The van der Waals surface area contributed by atoms with Gasteiger partial charge in [0.2, 0.25) is 5.88 Å². The Labute approximate surface area is 145 Å². The predicted molar refractivity (Wildman–Crippen MR) is 93.9 cm³/mol. The Morgan fingerprint density at radius 2 is 1.80 bits per heavy atom. The molecule has 0 saturated carbocycles. The molecule has 0 spiro atoms. The lowest BCUT2D eigenvalue weighted by Gasteiger charge is -2.08. The van der Waals surface area contributed by atoms with Gasteiger partial charge in [0.25, 0.3) is 5.91 Å². The smallest absolute Gasteiger partial charge is 0.275 e. The largest absolute Gasteiger partial charge is 0.493 e. The maximum absolute atomic E-state index is 12.1. The molecule has 0 aromatic carbocycles. The number of nitrogens with zero attached hydrogens (tertiary/aromatic N) is 4. The standard InChI is InChI=1S/C17H22N4O4/c1-12-14(16(24)20(18-12)8-10-22)6-4-3-5-7-15-13(2)19-21(9-11-23)17(15)25/h3-7,22-24H,8-11H2,1-2H3. The topological polar surface area (TPSA) is 111 Å². The number of hydrogen-bond donors (Lipinski definition) is 3. The van der Waals surface area contributed by atoms with Crippen molar-refractivity contribution < 1.29 is 20.1 Å². The van der Waals surface area contributed by atoms with E-state index in [1.54, 1.807) is 44.2 Å². The molecule has 8 nitrogen and oxygen atoms in total. The third-order valence-corrected chi connectivity index (χ3v) is 3.64. The summed E-state index contributed by atoms with van der Waals surface area (Å²) in [6.45, 7) is 3.67. The Morgan fingerprint density at radius 3 is 2.48 bits per heavy atom. The van der Waals surface area contributed by atoms with Crippen LogP contribution in [0.1, 0.15) is 18.2 Å². The Bertz CT molecular complexity index is 759. The Kier molecular flexibility index (Phi) is 6.26. The minimum absolute atomic E-state index is 0.00292. The average molecular weight is 346 g/mol. The number of aromatic nitrogens is 2. The SMILES string of the molecule is CC1=NN(CCO)C(=O)C1=CC=CC=Cc1c(C)nn(CCO)c1O. The molecule has 1 aromatic heterocycles. The Hall–Kier alpha value is -2.71. The lowest BCUT2D eigenvalue weighted by molar-refractivity contribution is -0.126. The van der Waals surface area contributed by atoms with Crippen molar-refractivity contribution in [3.63, 3.8) is 0 Å². The fourth-order valence-electron chi connectivity index (χ4n) is 2.41. The minimum atomic E-state index is -0.237. The first-order valence-corrected chi connectivity index (χ1v) is 7.90. The van der Waals surface area contributed by atoms with Crippen molar-refractivity contribution in [1.82, 2.24) is 14.8 Å². The number of hydrazone groups is 1. The van der Waals surface area contributed by atoms with Crippen molar-refractivity contribution in [2.24, 2.45) is 5.10 Å². The van der Waals surface area contributed by atoms with Gasteiger partial charge in [0.15, 0.2) is 0 Å². The van der Waals surface area contributed by atoms with Gasteiger partial charge in [-0.3, -0.25) is 4.79 Å². The van der Waals surface area contributed by atoms with E-state index < -0.39 is 0 Å². The van der Waals surface area contributed by atoms with Crippen LogP contribution >= 0.6 is 0 Å². The normalized spacial score (nSPS) is 16.8. The zero-order valence-electron chi connectivity index (χ0n) is 14.3. The van der Waals surface area contributed by atoms with E-state index in [9.17, 15) is 9.90 Å². The minimum Gasteiger partial charge on any atom is -0.493 e.